The van der Waals surface area contributed by atoms with Crippen LogP contribution in [0.15, 0.2) is 30.3 Å². The molecule has 4 rings (SSSR count). The molecule has 2 aliphatic heterocycles. The van der Waals surface area contributed by atoms with Crippen LogP contribution >= 0.6 is 12.2 Å². The molecule has 0 saturated carbocycles. The van der Waals surface area contributed by atoms with Gasteiger partial charge in [0.25, 0.3) is 0 Å². The summed E-state index contributed by atoms with van der Waals surface area (Å²) >= 11 is 1.31. The number of hydrogen-bond donors (Lipinski definition) is 0. The summed E-state index contributed by atoms with van der Waals surface area (Å²) in [5.74, 6) is 2.53. The highest BCUT2D eigenvalue weighted by Crippen LogP contribution is 2.42. The minimum absolute atomic E-state index is 0.412. The minimum atomic E-state index is 0.412. The molecule has 5 nitrogen and oxygen atoms in total. The lowest BCUT2D eigenvalue weighted by molar-refractivity contribution is 0.160. The molecule has 2 heterocycles. The summed E-state index contributed by atoms with van der Waals surface area (Å²) in [4.78, 5) is 2.58. The molecule has 144 valence electrons. The predicted molar refractivity (Wildman–Crippen MR) is 108 cm³/mol. The predicted octanol–water partition coefficient (Wildman–Crippen LogP) is 3.86. The molecule has 0 aliphatic carbocycles. The molecular weight excluding hydrogens is 360 g/mol. The van der Waals surface area contributed by atoms with Crippen LogP contribution in [0.2, 0.25) is 0 Å². The number of benzene rings is 2. The van der Waals surface area contributed by atoms with Crippen molar-refractivity contribution in [3.8, 4) is 17.2 Å². The Hall–Kier alpha value is -1.89. The summed E-state index contributed by atoms with van der Waals surface area (Å²) in [6.45, 7) is 2.02. The molecule has 0 N–H and O–H groups in total. The average molecular weight is 387 g/mol. The number of methoxy groups -OCH3 is 2. The van der Waals surface area contributed by atoms with E-state index in [0.29, 0.717) is 6.04 Å². The summed E-state index contributed by atoms with van der Waals surface area (Å²) in [5.41, 5.74) is 5.51. The number of hydrogen-bond acceptors (Lipinski definition) is 6. The summed E-state index contributed by atoms with van der Waals surface area (Å²) in [6.07, 6.45) is 2.05. The van der Waals surface area contributed by atoms with Crippen LogP contribution in [0, 0.1) is 0 Å². The molecule has 0 bridgehead atoms. The van der Waals surface area contributed by atoms with Gasteiger partial charge < -0.3 is 13.7 Å². The summed E-state index contributed by atoms with van der Waals surface area (Å²) < 4.78 is 18.8. The number of rotatable bonds is 5. The zero-order valence-electron chi connectivity index (χ0n) is 16.3. The van der Waals surface area contributed by atoms with Crippen molar-refractivity contribution in [3.63, 3.8) is 0 Å². The van der Waals surface area contributed by atoms with Crippen molar-refractivity contribution in [2.75, 3.05) is 34.9 Å². The molecule has 2 aromatic rings. The van der Waals surface area contributed by atoms with Crippen LogP contribution in [-0.2, 0) is 19.4 Å². The van der Waals surface area contributed by atoms with Crippen LogP contribution in [0.5, 0.6) is 17.2 Å². The van der Waals surface area contributed by atoms with E-state index in [2.05, 4.69) is 35.2 Å². The van der Waals surface area contributed by atoms with Crippen LogP contribution in [0.3, 0.4) is 0 Å². The smallest absolute Gasteiger partial charge is 0.181 e. The zero-order chi connectivity index (χ0) is 19.0. The van der Waals surface area contributed by atoms with E-state index in [1.165, 1.54) is 34.5 Å². The Balaban J connectivity index is 1.65. The maximum Gasteiger partial charge on any atom is 0.181 e. The third kappa shape index (κ3) is 3.61. The third-order valence-corrected chi connectivity index (χ3v) is 5.92. The SMILES string of the molecule is COc1ccc2c(c1)CCN1Cc3cc(OC)c(OSN(C)C)cc3CC21. The fourth-order valence-corrected chi connectivity index (χ4v) is 4.40. The van der Waals surface area contributed by atoms with Crippen LogP contribution in [0.4, 0.5) is 0 Å². The molecule has 0 saturated heterocycles. The first-order chi connectivity index (χ1) is 13.1. The summed E-state index contributed by atoms with van der Waals surface area (Å²) in [6, 6.07) is 11.2. The topological polar surface area (TPSA) is 34.2 Å². The van der Waals surface area contributed by atoms with Crippen molar-refractivity contribution in [3.05, 3.63) is 52.6 Å². The Morgan fingerprint density at radius 2 is 1.81 bits per heavy atom. The van der Waals surface area contributed by atoms with Crippen LogP contribution < -0.4 is 13.7 Å². The number of ether oxygens (including phenoxy) is 2. The van der Waals surface area contributed by atoms with E-state index in [1.54, 1.807) is 14.2 Å². The highest BCUT2D eigenvalue weighted by Gasteiger charge is 2.33. The highest BCUT2D eigenvalue weighted by atomic mass is 32.2. The largest absolute Gasteiger partial charge is 0.497 e. The molecule has 27 heavy (non-hydrogen) atoms. The molecular formula is C21H26N2O3S. The van der Waals surface area contributed by atoms with Gasteiger partial charge in [-0.1, -0.05) is 6.07 Å². The Morgan fingerprint density at radius 3 is 2.56 bits per heavy atom. The van der Waals surface area contributed by atoms with Gasteiger partial charge in [-0.25, -0.2) is 4.31 Å². The van der Waals surface area contributed by atoms with Gasteiger partial charge in [0, 0.05) is 33.2 Å². The van der Waals surface area contributed by atoms with E-state index < -0.39 is 0 Å². The highest BCUT2D eigenvalue weighted by molar-refractivity contribution is 7.92. The van der Waals surface area contributed by atoms with E-state index >= 15 is 0 Å². The normalized spacial score (nSPS) is 18.5. The zero-order valence-corrected chi connectivity index (χ0v) is 17.1. The molecule has 0 spiro atoms. The van der Waals surface area contributed by atoms with Gasteiger partial charge in [0.2, 0.25) is 0 Å². The van der Waals surface area contributed by atoms with Gasteiger partial charge in [0.1, 0.15) is 18.0 Å². The lowest BCUT2D eigenvalue weighted by Crippen LogP contribution is -2.39. The van der Waals surface area contributed by atoms with Crippen molar-refractivity contribution in [1.29, 1.82) is 0 Å². The van der Waals surface area contributed by atoms with Crippen molar-refractivity contribution in [1.82, 2.24) is 9.21 Å². The maximum atomic E-state index is 5.88. The lowest BCUT2D eigenvalue weighted by atomic mass is 9.84. The number of fused-ring (bicyclic) bond motifs is 4. The second kappa shape index (κ2) is 7.62. The van der Waals surface area contributed by atoms with Crippen LogP contribution in [-0.4, -0.2) is 44.1 Å². The Bertz CT molecular complexity index is 840. The Morgan fingerprint density at radius 1 is 1.00 bits per heavy atom. The molecule has 0 amide bonds. The quantitative estimate of drug-likeness (QED) is 0.573. The maximum absolute atomic E-state index is 5.88. The number of nitrogens with zero attached hydrogens (tertiary/aromatic N) is 2. The summed E-state index contributed by atoms with van der Waals surface area (Å²) in [7, 11) is 7.35. The average Bonchev–Trinajstić information content (AvgIpc) is 2.69. The molecule has 0 aromatic heterocycles. The van der Waals surface area contributed by atoms with E-state index in [-0.39, 0.29) is 0 Å². The molecule has 2 aromatic carbocycles. The van der Waals surface area contributed by atoms with Gasteiger partial charge in [-0.2, -0.15) is 0 Å². The third-order valence-electron chi connectivity index (χ3n) is 5.37. The van der Waals surface area contributed by atoms with Gasteiger partial charge in [-0.3, -0.25) is 4.90 Å². The van der Waals surface area contributed by atoms with Crippen molar-refractivity contribution < 1.29 is 13.7 Å². The lowest BCUT2D eigenvalue weighted by Gasteiger charge is -2.41. The van der Waals surface area contributed by atoms with Crippen molar-refractivity contribution in [2.24, 2.45) is 0 Å². The monoisotopic (exact) mass is 386 g/mol. The van der Waals surface area contributed by atoms with Crippen molar-refractivity contribution >= 4 is 12.2 Å². The Kier molecular flexibility index (Phi) is 5.21. The van der Waals surface area contributed by atoms with E-state index in [1.807, 2.05) is 18.4 Å². The standard InChI is InChI=1S/C21H26N2O3S/c1-22(2)27-26-21-11-15-10-19-18-6-5-17(24-3)9-14(18)7-8-23(19)13-16(15)12-20(21)25-4/h5-6,9,11-12,19H,7-8,10,13H2,1-4H3. The first-order valence-electron chi connectivity index (χ1n) is 9.21. The molecule has 1 atom stereocenters. The minimum Gasteiger partial charge on any atom is -0.497 e. The van der Waals surface area contributed by atoms with Crippen molar-refractivity contribution in [2.45, 2.75) is 25.4 Å². The van der Waals surface area contributed by atoms with E-state index in [9.17, 15) is 0 Å². The molecule has 6 heteroatoms. The van der Waals surface area contributed by atoms with Gasteiger partial charge in [0.15, 0.2) is 11.5 Å². The van der Waals surface area contributed by atoms with Gasteiger partial charge in [0.05, 0.1) is 14.2 Å². The Labute approximate surface area is 165 Å². The first-order valence-corrected chi connectivity index (χ1v) is 9.91. The van der Waals surface area contributed by atoms with E-state index in [4.69, 9.17) is 13.7 Å². The second-order valence-electron chi connectivity index (χ2n) is 7.25. The van der Waals surface area contributed by atoms with E-state index in [0.717, 1.165) is 43.2 Å². The summed E-state index contributed by atoms with van der Waals surface area (Å²) in [5, 5.41) is 0. The van der Waals surface area contributed by atoms with Gasteiger partial charge >= 0.3 is 0 Å². The van der Waals surface area contributed by atoms with Gasteiger partial charge in [-0.15, -0.1) is 0 Å². The van der Waals surface area contributed by atoms with Crippen LogP contribution in [0.1, 0.15) is 28.3 Å². The molecule has 0 radical (unpaired) electrons. The fraction of sp³-hybridized carbons (Fsp3) is 0.429. The van der Waals surface area contributed by atoms with Gasteiger partial charge in [-0.05, 0) is 59.4 Å². The van der Waals surface area contributed by atoms with Crippen LogP contribution in [0.25, 0.3) is 0 Å². The molecule has 0 fully saturated rings. The molecule has 1 unspecified atom stereocenters. The first kappa shape index (κ1) is 18.5. The molecule has 2 aliphatic rings. The second-order valence-corrected chi connectivity index (χ2v) is 8.29. The fourth-order valence-electron chi connectivity index (χ4n) is 4.04.